The Morgan fingerprint density at radius 3 is 2.28 bits per heavy atom. The minimum atomic E-state index is -3.63. The zero-order chi connectivity index (χ0) is 31.4. The predicted octanol–water partition coefficient (Wildman–Crippen LogP) is 6.10. The second-order valence-corrected chi connectivity index (χ2v) is 12.9. The van der Waals surface area contributed by atoms with E-state index in [2.05, 4.69) is 5.32 Å². The number of ether oxygens (including phenoxy) is 1. The Labute approximate surface area is 265 Å². The number of benzene rings is 3. The highest BCUT2D eigenvalue weighted by molar-refractivity contribution is 7.92. The van der Waals surface area contributed by atoms with Gasteiger partial charge >= 0.3 is 0 Å². The second kappa shape index (κ2) is 16.5. The molecule has 3 aromatic rings. The molecule has 0 aromatic heterocycles. The van der Waals surface area contributed by atoms with Gasteiger partial charge in [0.15, 0.2) is 0 Å². The van der Waals surface area contributed by atoms with E-state index in [-0.39, 0.29) is 37.7 Å². The quantitative estimate of drug-likeness (QED) is 0.203. The van der Waals surface area contributed by atoms with Crippen LogP contribution in [0.3, 0.4) is 0 Å². The summed E-state index contributed by atoms with van der Waals surface area (Å²) in [7, 11) is -3.63. The van der Waals surface area contributed by atoms with Gasteiger partial charge in [-0.05, 0) is 67.3 Å². The van der Waals surface area contributed by atoms with Gasteiger partial charge in [-0.3, -0.25) is 13.9 Å². The van der Waals surface area contributed by atoms with Crippen LogP contribution in [0.5, 0.6) is 5.75 Å². The molecule has 0 unspecified atom stereocenters. The third-order valence-electron chi connectivity index (χ3n) is 6.76. The van der Waals surface area contributed by atoms with E-state index < -0.39 is 16.1 Å². The molecule has 2 amide bonds. The summed E-state index contributed by atoms with van der Waals surface area (Å²) in [5.41, 5.74) is 2.02. The molecule has 1 atom stereocenters. The molecular formula is C32H39Cl2N3O5S. The van der Waals surface area contributed by atoms with Crippen molar-refractivity contribution in [1.82, 2.24) is 10.2 Å². The lowest BCUT2D eigenvalue weighted by molar-refractivity contribution is -0.141. The van der Waals surface area contributed by atoms with Crippen LogP contribution >= 0.6 is 23.2 Å². The molecule has 232 valence electrons. The molecule has 3 rings (SSSR count). The maximum atomic E-state index is 13.9. The summed E-state index contributed by atoms with van der Waals surface area (Å²) in [5, 5.41) is 3.79. The van der Waals surface area contributed by atoms with Crippen LogP contribution in [0.15, 0.2) is 72.8 Å². The van der Waals surface area contributed by atoms with Gasteiger partial charge in [0.1, 0.15) is 11.8 Å². The Bertz CT molecular complexity index is 1450. The molecule has 11 heteroatoms. The smallest absolute Gasteiger partial charge is 0.243 e. The summed E-state index contributed by atoms with van der Waals surface area (Å²) < 4.78 is 32.1. The van der Waals surface area contributed by atoms with Gasteiger partial charge in [0.25, 0.3) is 0 Å². The normalized spacial score (nSPS) is 11.9. The van der Waals surface area contributed by atoms with Crippen molar-refractivity contribution in [2.75, 3.05) is 30.3 Å². The van der Waals surface area contributed by atoms with Crippen LogP contribution in [0, 0.1) is 0 Å². The molecule has 0 aliphatic carbocycles. The van der Waals surface area contributed by atoms with Gasteiger partial charge in [0.2, 0.25) is 21.8 Å². The minimum absolute atomic E-state index is 0.0145. The topological polar surface area (TPSA) is 96.0 Å². The molecule has 0 heterocycles. The summed E-state index contributed by atoms with van der Waals surface area (Å²) in [5.74, 6) is 0.0761. The molecule has 1 N–H and O–H groups in total. The van der Waals surface area contributed by atoms with E-state index in [1.807, 2.05) is 44.2 Å². The van der Waals surface area contributed by atoms with Crippen molar-refractivity contribution in [3.63, 3.8) is 0 Å². The molecule has 0 aliphatic heterocycles. The fourth-order valence-corrected chi connectivity index (χ4v) is 6.07. The highest BCUT2D eigenvalue weighted by Gasteiger charge is 2.31. The third-order valence-corrected chi connectivity index (χ3v) is 8.55. The van der Waals surface area contributed by atoms with Crippen molar-refractivity contribution in [2.45, 2.75) is 52.1 Å². The summed E-state index contributed by atoms with van der Waals surface area (Å²) in [6, 6.07) is 20.5. The molecule has 0 radical (unpaired) electrons. The van der Waals surface area contributed by atoms with Crippen molar-refractivity contribution in [3.8, 4) is 5.75 Å². The molecule has 0 spiro atoms. The van der Waals surface area contributed by atoms with Gasteiger partial charge in [-0.1, -0.05) is 66.5 Å². The monoisotopic (exact) mass is 647 g/mol. The van der Waals surface area contributed by atoms with E-state index in [0.717, 1.165) is 18.2 Å². The Kier molecular flexibility index (Phi) is 13.2. The van der Waals surface area contributed by atoms with Crippen LogP contribution in [-0.4, -0.2) is 57.1 Å². The second-order valence-electron chi connectivity index (χ2n) is 10.1. The number of hydrogen-bond donors (Lipinski definition) is 1. The average Bonchev–Trinajstić information content (AvgIpc) is 2.97. The summed E-state index contributed by atoms with van der Waals surface area (Å²) in [6.07, 6.45) is 2.43. The number of nitrogens with one attached hydrogen (secondary N) is 1. The van der Waals surface area contributed by atoms with Crippen molar-refractivity contribution in [1.29, 1.82) is 0 Å². The molecule has 8 nitrogen and oxygen atoms in total. The van der Waals surface area contributed by atoms with Crippen LogP contribution in [0.2, 0.25) is 10.0 Å². The maximum absolute atomic E-state index is 13.9. The Morgan fingerprint density at radius 1 is 0.977 bits per heavy atom. The predicted molar refractivity (Wildman–Crippen MR) is 173 cm³/mol. The lowest BCUT2D eigenvalue weighted by Crippen LogP contribution is -2.50. The van der Waals surface area contributed by atoms with Crippen LogP contribution < -0.4 is 14.4 Å². The van der Waals surface area contributed by atoms with E-state index in [9.17, 15) is 18.0 Å². The fraction of sp³-hybridized carbons (Fsp3) is 0.375. The first-order chi connectivity index (χ1) is 20.5. The number of anilines is 1. The van der Waals surface area contributed by atoms with Gasteiger partial charge < -0.3 is 15.0 Å². The SMILES string of the molecule is CCCNC(=O)[C@H](Cc1ccccc1)N(Cc1ccc(Cl)cc1Cl)C(=O)CCCN(c1ccc(OCC)cc1)S(C)(=O)=O. The highest BCUT2D eigenvalue weighted by atomic mass is 35.5. The number of nitrogens with zero attached hydrogens (tertiary/aromatic N) is 2. The number of rotatable bonds is 16. The summed E-state index contributed by atoms with van der Waals surface area (Å²) in [4.78, 5) is 28.9. The zero-order valence-corrected chi connectivity index (χ0v) is 27.1. The van der Waals surface area contributed by atoms with Crippen molar-refractivity contribution >= 4 is 50.7 Å². The number of carbonyl (C=O) groups is 2. The molecule has 0 aliphatic rings. The van der Waals surface area contributed by atoms with Crippen LogP contribution in [0.1, 0.15) is 44.2 Å². The minimum Gasteiger partial charge on any atom is -0.494 e. The van der Waals surface area contributed by atoms with E-state index in [4.69, 9.17) is 27.9 Å². The lowest BCUT2D eigenvalue weighted by atomic mass is 10.0. The van der Waals surface area contributed by atoms with E-state index in [1.54, 1.807) is 42.5 Å². The third kappa shape index (κ3) is 10.4. The average molecular weight is 649 g/mol. The molecule has 0 saturated heterocycles. The first-order valence-electron chi connectivity index (χ1n) is 14.3. The highest BCUT2D eigenvalue weighted by Crippen LogP contribution is 2.26. The first-order valence-corrected chi connectivity index (χ1v) is 16.9. The van der Waals surface area contributed by atoms with E-state index in [0.29, 0.717) is 46.6 Å². The first kappa shape index (κ1) is 34.2. The maximum Gasteiger partial charge on any atom is 0.243 e. The molecular weight excluding hydrogens is 609 g/mol. The number of halogens is 2. The molecule has 0 saturated carbocycles. The summed E-state index contributed by atoms with van der Waals surface area (Å²) in [6.45, 7) is 4.96. The molecule has 43 heavy (non-hydrogen) atoms. The van der Waals surface area contributed by atoms with Gasteiger partial charge in [-0.25, -0.2) is 8.42 Å². The fourth-order valence-electron chi connectivity index (χ4n) is 4.63. The molecule has 3 aromatic carbocycles. The Hall–Kier alpha value is -3.27. The number of carbonyl (C=O) groups excluding carboxylic acids is 2. The zero-order valence-electron chi connectivity index (χ0n) is 24.8. The van der Waals surface area contributed by atoms with Gasteiger partial charge in [-0.15, -0.1) is 0 Å². The van der Waals surface area contributed by atoms with Crippen LogP contribution in [-0.2, 0) is 32.6 Å². The number of amides is 2. The van der Waals surface area contributed by atoms with Crippen LogP contribution in [0.25, 0.3) is 0 Å². The molecule has 0 fully saturated rings. The lowest BCUT2D eigenvalue weighted by Gasteiger charge is -2.32. The number of hydrogen-bond acceptors (Lipinski definition) is 5. The largest absolute Gasteiger partial charge is 0.494 e. The van der Waals surface area contributed by atoms with E-state index >= 15 is 0 Å². The van der Waals surface area contributed by atoms with Crippen molar-refractivity contribution in [3.05, 3.63) is 94.0 Å². The van der Waals surface area contributed by atoms with Crippen molar-refractivity contribution in [2.24, 2.45) is 0 Å². The summed E-state index contributed by atoms with van der Waals surface area (Å²) >= 11 is 12.6. The molecule has 0 bridgehead atoms. The van der Waals surface area contributed by atoms with E-state index in [1.165, 1.54) is 9.21 Å². The van der Waals surface area contributed by atoms with Gasteiger partial charge in [-0.2, -0.15) is 0 Å². The number of sulfonamides is 1. The van der Waals surface area contributed by atoms with Crippen molar-refractivity contribution < 1.29 is 22.7 Å². The van der Waals surface area contributed by atoms with Gasteiger partial charge in [0.05, 0.1) is 18.6 Å². The Balaban J connectivity index is 1.88. The van der Waals surface area contributed by atoms with Crippen LogP contribution in [0.4, 0.5) is 5.69 Å². The standard InChI is InChI=1S/C32H39Cl2N3O5S/c1-4-19-35-32(39)30(21-24-10-7-6-8-11-24)36(23-25-13-14-26(33)22-29(25)34)31(38)12-9-20-37(43(3,40)41)27-15-17-28(18-16-27)42-5-2/h6-8,10-11,13-18,22,30H,4-5,9,12,19-21,23H2,1-3H3,(H,35,39)/t30-/m0/s1. The van der Waals surface area contributed by atoms with Gasteiger partial charge in [0, 0.05) is 42.5 Å². The Morgan fingerprint density at radius 2 is 1.67 bits per heavy atom.